The standard InChI is InChI=1S/C28H34NO7P.Li/c30-23-10-14-25(15-11-23)34-20-24(31)19-29-28(16-4-5-17-28)18-22-8-12-26(13-9-22)35-21-36-37(32,33)27-6-2-1-3-7-27;/h1-3,6-15,24,29-31H,4-5,16-21H2,(H,32,33);/t24-;/m0./s1. The van der Waals surface area contributed by atoms with Gasteiger partial charge >= 0.3 is 7.60 Å². The number of aliphatic hydroxyl groups is 1. The summed E-state index contributed by atoms with van der Waals surface area (Å²) >= 11 is 0. The van der Waals surface area contributed by atoms with E-state index in [1.807, 2.05) is 24.3 Å². The quantitative estimate of drug-likeness (QED) is 0.149. The van der Waals surface area contributed by atoms with Gasteiger partial charge in [-0.25, -0.2) is 0 Å². The number of ether oxygens (including phenoxy) is 2. The van der Waals surface area contributed by atoms with E-state index in [9.17, 15) is 19.7 Å². The van der Waals surface area contributed by atoms with Crippen molar-refractivity contribution in [2.75, 3.05) is 19.9 Å². The van der Waals surface area contributed by atoms with E-state index in [2.05, 4.69) is 5.32 Å². The summed E-state index contributed by atoms with van der Waals surface area (Å²) in [4.78, 5) is 10.1. The molecular weight excluding hydrogens is 500 g/mol. The Kier molecular flexibility index (Phi) is 11.3. The Morgan fingerprint density at radius 2 is 1.50 bits per heavy atom. The fraction of sp³-hybridized carbons (Fsp3) is 0.357. The zero-order valence-electron chi connectivity index (χ0n) is 21.7. The molecular formula is C28H34LiNO7P. The van der Waals surface area contributed by atoms with Crippen LogP contribution in [0.1, 0.15) is 31.2 Å². The summed E-state index contributed by atoms with van der Waals surface area (Å²) < 4.78 is 28.6. The molecule has 1 fully saturated rings. The van der Waals surface area contributed by atoms with Gasteiger partial charge in [0.25, 0.3) is 0 Å². The maximum absolute atomic E-state index is 12.3. The Morgan fingerprint density at radius 3 is 2.16 bits per heavy atom. The van der Waals surface area contributed by atoms with Crippen molar-refractivity contribution in [1.29, 1.82) is 0 Å². The number of benzene rings is 3. The minimum absolute atomic E-state index is 0. The topological polar surface area (TPSA) is 117 Å². The molecule has 3 aromatic rings. The van der Waals surface area contributed by atoms with E-state index in [0.717, 1.165) is 37.7 Å². The number of β-amino-alcohol motifs (C(OH)–C–C–N with tert-alkyl or cyclic N) is 1. The van der Waals surface area contributed by atoms with Crippen LogP contribution < -0.4 is 20.1 Å². The first-order chi connectivity index (χ1) is 17.8. The van der Waals surface area contributed by atoms with Gasteiger partial charge in [0.05, 0.1) is 5.30 Å². The van der Waals surface area contributed by atoms with Gasteiger partial charge in [-0.2, -0.15) is 0 Å². The van der Waals surface area contributed by atoms with E-state index >= 15 is 0 Å². The second kappa shape index (κ2) is 14.2. The van der Waals surface area contributed by atoms with Crippen LogP contribution in [0.5, 0.6) is 17.2 Å². The smallest absolute Gasteiger partial charge is 0.361 e. The molecule has 10 heteroatoms. The first-order valence-electron chi connectivity index (χ1n) is 12.4. The van der Waals surface area contributed by atoms with E-state index in [4.69, 9.17) is 14.0 Å². The van der Waals surface area contributed by atoms with Gasteiger partial charge in [0.15, 0.2) is 6.79 Å². The number of hydrogen-bond acceptors (Lipinski definition) is 7. The zero-order chi connectivity index (χ0) is 26.1. The number of nitrogens with one attached hydrogen (secondary N) is 1. The van der Waals surface area contributed by atoms with Gasteiger partial charge in [-0.3, -0.25) is 9.09 Å². The molecule has 4 N–H and O–H groups in total. The fourth-order valence-corrected chi connectivity index (χ4v) is 5.44. The van der Waals surface area contributed by atoms with Crippen LogP contribution >= 0.6 is 7.60 Å². The molecule has 1 saturated carbocycles. The Labute approximate surface area is 235 Å². The predicted octanol–water partition coefficient (Wildman–Crippen LogP) is 3.76. The third-order valence-electron chi connectivity index (χ3n) is 6.55. The molecule has 2 atom stereocenters. The van der Waals surface area contributed by atoms with E-state index < -0.39 is 13.7 Å². The molecule has 8 nitrogen and oxygen atoms in total. The number of hydrogen-bond donors (Lipinski definition) is 4. The van der Waals surface area contributed by atoms with Crippen molar-refractivity contribution in [2.24, 2.45) is 0 Å². The Morgan fingerprint density at radius 1 is 0.895 bits per heavy atom. The molecule has 199 valence electrons. The molecule has 0 amide bonds. The molecule has 0 spiro atoms. The molecule has 0 saturated heterocycles. The second-order valence-corrected chi connectivity index (χ2v) is 11.2. The summed E-state index contributed by atoms with van der Waals surface area (Å²) in [5, 5.41) is 23.6. The van der Waals surface area contributed by atoms with Crippen LogP contribution in [0.25, 0.3) is 0 Å². The minimum atomic E-state index is -3.93. The minimum Gasteiger partial charge on any atom is -0.508 e. The Bertz CT molecular complexity index is 1160. The number of rotatable bonds is 13. The van der Waals surface area contributed by atoms with Gasteiger partial charge in [-0.15, -0.1) is 0 Å². The molecule has 4 rings (SSSR count). The van der Waals surface area contributed by atoms with Crippen molar-refractivity contribution in [3.8, 4) is 17.2 Å². The van der Waals surface area contributed by atoms with Crippen LogP contribution in [-0.2, 0) is 15.5 Å². The molecule has 38 heavy (non-hydrogen) atoms. The normalized spacial score (nSPS) is 16.7. The number of phenolic OH excluding ortho intramolecular Hbond substituents is 1. The Balaban J connectivity index is 0.00000400. The van der Waals surface area contributed by atoms with Crippen LogP contribution in [0.2, 0.25) is 0 Å². The molecule has 1 radical (unpaired) electrons. The van der Waals surface area contributed by atoms with Crippen molar-refractivity contribution >= 4 is 31.8 Å². The molecule has 0 heterocycles. The van der Waals surface area contributed by atoms with Crippen molar-refractivity contribution in [3.05, 3.63) is 84.4 Å². The van der Waals surface area contributed by atoms with E-state index in [1.54, 1.807) is 54.6 Å². The molecule has 3 aromatic carbocycles. The van der Waals surface area contributed by atoms with Gasteiger partial charge < -0.3 is 29.9 Å². The van der Waals surface area contributed by atoms with Gasteiger partial charge in [0.1, 0.15) is 30.0 Å². The summed E-state index contributed by atoms with van der Waals surface area (Å²) in [7, 11) is -3.93. The SMILES string of the molecule is O=P(O)(OCOc1ccc(CC2(NC[C@H](O)COc3ccc(O)cc3)CCCC2)cc1)c1ccccc1.[Li]. The maximum Gasteiger partial charge on any atom is 0.361 e. The molecule has 1 unspecified atom stereocenters. The van der Waals surface area contributed by atoms with Gasteiger partial charge in [-0.1, -0.05) is 43.2 Å². The van der Waals surface area contributed by atoms with Crippen LogP contribution in [0.4, 0.5) is 0 Å². The largest absolute Gasteiger partial charge is 0.508 e. The predicted molar refractivity (Wildman–Crippen MR) is 147 cm³/mol. The van der Waals surface area contributed by atoms with Crippen molar-refractivity contribution in [2.45, 2.75) is 43.7 Å². The maximum atomic E-state index is 12.3. The summed E-state index contributed by atoms with van der Waals surface area (Å²) in [6, 6.07) is 22.3. The third-order valence-corrected chi connectivity index (χ3v) is 7.96. The first kappa shape index (κ1) is 30.3. The van der Waals surface area contributed by atoms with Crippen LogP contribution in [-0.4, -0.2) is 65.6 Å². The summed E-state index contributed by atoms with van der Waals surface area (Å²) in [5.74, 6) is 1.32. The number of phenols is 1. The van der Waals surface area contributed by atoms with Crippen molar-refractivity contribution in [3.63, 3.8) is 0 Å². The Hall–Kier alpha value is -2.27. The average molecular weight is 534 g/mol. The zero-order valence-corrected chi connectivity index (χ0v) is 22.6. The molecule has 0 aliphatic heterocycles. The monoisotopic (exact) mass is 534 g/mol. The first-order valence-corrected chi connectivity index (χ1v) is 14.0. The van der Waals surface area contributed by atoms with Crippen molar-refractivity contribution in [1.82, 2.24) is 5.32 Å². The third kappa shape index (κ3) is 8.90. The van der Waals surface area contributed by atoms with Gasteiger partial charge in [0, 0.05) is 30.9 Å². The van der Waals surface area contributed by atoms with Crippen LogP contribution in [0.15, 0.2) is 78.9 Å². The van der Waals surface area contributed by atoms with Crippen molar-refractivity contribution < 1.29 is 33.7 Å². The molecule has 0 bridgehead atoms. The van der Waals surface area contributed by atoms with Crippen LogP contribution in [0, 0.1) is 0 Å². The molecule has 1 aliphatic rings. The molecule has 1 aliphatic carbocycles. The van der Waals surface area contributed by atoms with Gasteiger partial charge in [-0.05, 0) is 73.4 Å². The van der Waals surface area contributed by atoms with Crippen LogP contribution in [0.3, 0.4) is 0 Å². The summed E-state index contributed by atoms with van der Waals surface area (Å²) in [5.41, 5.74) is 1.04. The number of aliphatic hydroxyl groups excluding tert-OH is 1. The van der Waals surface area contributed by atoms with E-state index in [0.29, 0.717) is 18.0 Å². The average Bonchev–Trinajstić information content (AvgIpc) is 3.37. The van der Waals surface area contributed by atoms with Gasteiger partial charge in [0.2, 0.25) is 0 Å². The number of aromatic hydroxyl groups is 1. The van der Waals surface area contributed by atoms with E-state index in [1.165, 1.54) is 0 Å². The summed E-state index contributed by atoms with van der Waals surface area (Å²) in [6.07, 6.45) is 4.46. The summed E-state index contributed by atoms with van der Waals surface area (Å²) in [6.45, 7) is 0.240. The van der Waals surface area contributed by atoms with E-state index in [-0.39, 0.29) is 48.9 Å². The fourth-order valence-electron chi connectivity index (χ4n) is 4.55. The molecule has 0 aromatic heterocycles. The second-order valence-electron chi connectivity index (χ2n) is 9.40.